The van der Waals surface area contributed by atoms with E-state index in [0.29, 0.717) is 9.90 Å². The Morgan fingerprint density at radius 3 is 2.53 bits per heavy atom. The molecular formula is C10H14F3N3OS2. The van der Waals surface area contributed by atoms with Crippen LogP contribution in [0.5, 0.6) is 0 Å². The van der Waals surface area contributed by atoms with Crippen molar-refractivity contribution in [2.75, 3.05) is 37.5 Å². The maximum Gasteiger partial charge on any atom is 0.405 e. The molecular weight excluding hydrogens is 299 g/mol. The molecule has 1 aromatic heterocycles. The van der Waals surface area contributed by atoms with Crippen LogP contribution in [-0.2, 0) is 0 Å². The Bertz CT molecular complexity index is 473. The van der Waals surface area contributed by atoms with Gasteiger partial charge in [0.25, 0.3) is 5.91 Å². The molecule has 19 heavy (non-hydrogen) atoms. The number of nitrogens with one attached hydrogen (secondary N) is 1. The highest BCUT2D eigenvalue weighted by Crippen LogP contribution is 2.43. The van der Waals surface area contributed by atoms with Crippen LogP contribution in [0.2, 0.25) is 0 Å². The van der Waals surface area contributed by atoms with Crippen molar-refractivity contribution >= 4 is 39.7 Å². The van der Waals surface area contributed by atoms with E-state index in [4.69, 9.17) is 5.73 Å². The third kappa shape index (κ3) is 3.69. The fraction of sp³-hybridized carbons (Fsp3) is 0.500. The molecule has 0 fully saturated rings. The standard InChI is InChI=1S/C10H14F3N3OS2/c1-15-8(17)6-5(14)7(18-3)9(19-6)16(2)4-10(11,12)13/h4,14H2,1-3H3,(H,15,17). The SMILES string of the molecule is CNC(=O)c1sc(N(C)CC(F)(F)F)c(SC)c1N. The van der Waals surface area contributed by atoms with Gasteiger partial charge in [0, 0.05) is 14.1 Å². The average molecular weight is 313 g/mol. The molecule has 0 aromatic carbocycles. The fourth-order valence-corrected chi connectivity index (χ4v) is 3.60. The first-order chi connectivity index (χ1) is 8.71. The highest BCUT2D eigenvalue weighted by atomic mass is 32.2. The third-order valence-corrected chi connectivity index (χ3v) is 4.55. The van der Waals surface area contributed by atoms with E-state index in [0.717, 1.165) is 16.2 Å². The number of anilines is 2. The van der Waals surface area contributed by atoms with Crippen molar-refractivity contribution in [1.82, 2.24) is 5.32 Å². The lowest BCUT2D eigenvalue weighted by atomic mass is 10.3. The van der Waals surface area contributed by atoms with Crippen LogP contribution in [0.3, 0.4) is 0 Å². The Labute approximate surface area is 117 Å². The molecule has 0 aliphatic rings. The number of carbonyl (C=O) groups excluding carboxylic acids is 1. The molecule has 0 saturated carbocycles. The van der Waals surface area contributed by atoms with Crippen LogP contribution in [0.4, 0.5) is 23.9 Å². The quantitative estimate of drug-likeness (QED) is 0.838. The van der Waals surface area contributed by atoms with Crippen LogP contribution in [-0.4, -0.2) is 39.0 Å². The molecule has 0 aliphatic carbocycles. The molecule has 1 amide bonds. The lowest BCUT2D eigenvalue weighted by molar-refractivity contribution is -0.119. The minimum atomic E-state index is -4.31. The highest BCUT2D eigenvalue weighted by molar-refractivity contribution is 7.99. The van der Waals surface area contributed by atoms with E-state index in [9.17, 15) is 18.0 Å². The smallest absolute Gasteiger partial charge is 0.396 e. The van der Waals surface area contributed by atoms with Crippen molar-refractivity contribution in [1.29, 1.82) is 0 Å². The minimum Gasteiger partial charge on any atom is -0.396 e. The summed E-state index contributed by atoms with van der Waals surface area (Å²) in [5, 5.41) is 2.76. The number of nitrogens with two attached hydrogens (primary N) is 1. The van der Waals surface area contributed by atoms with E-state index in [1.165, 1.54) is 25.9 Å². The first kappa shape index (κ1) is 16.0. The van der Waals surface area contributed by atoms with Crippen LogP contribution in [0.1, 0.15) is 9.67 Å². The van der Waals surface area contributed by atoms with Crippen molar-refractivity contribution in [3.8, 4) is 0 Å². The van der Waals surface area contributed by atoms with Gasteiger partial charge in [-0.05, 0) is 6.26 Å². The summed E-state index contributed by atoms with van der Waals surface area (Å²) in [6.07, 6.45) is -2.60. The Balaban J connectivity index is 3.17. The maximum absolute atomic E-state index is 12.4. The van der Waals surface area contributed by atoms with Crippen LogP contribution in [0.15, 0.2) is 4.90 Å². The first-order valence-corrected chi connectivity index (χ1v) is 7.21. The summed E-state index contributed by atoms with van der Waals surface area (Å²) < 4.78 is 37.2. The Kier molecular flexibility index (Phi) is 4.97. The molecule has 0 aliphatic heterocycles. The van der Waals surface area contributed by atoms with Gasteiger partial charge in [0.15, 0.2) is 0 Å². The predicted octanol–water partition coefficient (Wildman–Crippen LogP) is 2.41. The van der Waals surface area contributed by atoms with E-state index in [-0.39, 0.29) is 10.6 Å². The molecule has 1 heterocycles. The number of nitrogen functional groups attached to an aromatic ring is 1. The number of thioether (sulfide) groups is 1. The van der Waals surface area contributed by atoms with E-state index < -0.39 is 18.6 Å². The molecule has 9 heteroatoms. The van der Waals surface area contributed by atoms with Gasteiger partial charge in [0.2, 0.25) is 0 Å². The number of hydrogen-bond donors (Lipinski definition) is 2. The molecule has 3 N–H and O–H groups in total. The van der Waals surface area contributed by atoms with Crippen LogP contribution in [0, 0.1) is 0 Å². The fourth-order valence-electron chi connectivity index (χ4n) is 1.49. The molecule has 0 atom stereocenters. The van der Waals surface area contributed by atoms with Crippen molar-refractivity contribution in [2.24, 2.45) is 0 Å². The average Bonchev–Trinajstić information content (AvgIpc) is 2.63. The number of carbonyl (C=O) groups is 1. The molecule has 4 nitrogen and oxygen atoms in total. The van der Waals surface area contributed by atoms with Gasteiger partial charge in [-0.1, -0.05) is 0 Å². The summed E-state index contributed by atoms with van der Waals surface area (Å²) in [7, 11) is 2.77. The monoisotopic (exact) mass is 313 g/mol. The molecule has 1 aromatic rings. The third-order valence-electron chi connectivity index (χ3n) is 2.28. The van der Waals surface area contributed by atoms with Gasteiger partial charge in [-0.3, -0.25) is 4.79 Å². The zero-order valence-corrected chi connectivity index (χ0v) is 12.2. The number of halogens is 3. The van der Waals surface area contributed by atoms with Gasteiger partial charge in [0.1, 0.15) is 16.4 Å². The van der Waals surface area contributed by atoms with E-state index >= 15 is 0 Å². The summed E-state index contributed by atoms with van der Waals surface area (Å²) in [5.41, 5.74) is 6.04. The molecule has 108 valence electrons. The Morgan fingerprint density at radius 2 is 2.11 bits per heavy atom. The summed E-state index contributed by atoms with van der Waals surface area (Å²) in [6.45, 7) is -1.09. The minimum absolute atomic E-state index is 0.223. The zero-order chi connectivity index (χ0) is 14.8. The van der Waals surface area contributed by atoms with Gasteiger partial charge >= 0.3 is 6.18 Å². The molecule has 1 rings (SSSR count). The zero-order valence-electron chi connectivity index (χ0n) is 10.6. The van der Waals surface area contributed by atoms with Gasteiger partial charge in [-0.2, -0.15) is 13.2 Å². The summed E-state index contributed by atoms with van der Waals surface area (Å²) in [6, 6.07) is 0. The number of hydrogen-bond acceptors (Lipinski definition) is 5. The van der Waals surface area contributed by atoms with Crippen molar-refractivity contribution in [2.45, 2.75) is 11.1 Å². The lowest BCUT2D eigenvalue weighted by Crippen LogP contribution is -2.30. The second kappa shape index (κ2) is 5.91. The van der Waals surface area contributed by atoms with E-state index in [1.54, 1.807) is 6.26 Å². The molecule has 0 saturated heterocycles. The number of alkyl halides is 3. The highest BCUT2D eigenvalue weighted by Gasteiger charge is 2.32. The van der Waals surface area contributed by atoms with E-state index in [2.05, 4.69) is 5.32 Å². The first-order valence-electron chi connectivity index (χ1n) is 5.17. The van der Waals surface area contributed by atoms with Gasteiger partial charge in [0.05, 0.1) is 10.6 Å². The van der Waals surface area contributed by atoms with Gasteiger partial charge in [-0.25, -0.2) is 0 Å². The van der Waals surface area contributed by atoms with Crippen molar-refractivity contribution in [3.63, 3.8) is 0 Å². The Morgan fingerprint density at radius 1 is 1.53 bits per heavy atom. The topological polar surface area (TPSA) is 58.4 Å². The maximum atomic E-state index is 12.4. The van der Waals surface area contributed by atoms with Crippen LogP contribution >= 0.6 is 23.1 Å². The van der Waals surface area contributed by atoms with Crippen LogP contribution < -0.4 is 16.0 Å². The molecule has 0 unspecified atom stereocenters. The largest absolute Gasteiger partial charge is 0.405 e. The Hall–Kier alpha value is -1.09. The molecule has 0 spiro atoms. The van der Waals surface area contributed by atoms with Gasteiger partial charge < -0.3 is 16.0 Å². The van der Waals surface area contributed by atoms with Crippen molar-refractivity contribution < 1.29 is 18.0 Å². The number of thiophene rings is 1. The number of amides is 1. The van der Waals surface area contributed by atoms with E-state index in [1.807, 2.05) is 0 Å². The summed E-state index contributed by atoms with van der Waals surface area (Å²) in [4.78, 5) is 13.4. The van der Waals surface area contributed by atoms with Gasteiger partial charge in [-0.15, -0.1) is 23.1 Å². The van der Waals surface area contributed by atoms with Crippen molar-refractivity contribution in [3.05, 3.63) is 4.88 Å². The lowest BCUT2D eigenvalue weighted by Gasteiger charge is -2.20. The number of nitrogens with zero attached hydrogens (tertiary/aromatic N) is 1. The second-order valence-corrected chi connectivity index (χ2v) is 5.55. The van der Waals surface area contributed by atoms with Crippen LogP contribution in [0.25, 0.3) is 0 Å². The number of rotatable bonds is 4. The summed E-state index contributed by atoms with van der Waals surface area (Å²) >= 11 is 2.18. The predicted molar refractivity (Wildman–Crippen MR) is 73.2 cm³/mol. The summed E-state index contributed by atoms with van der Waals surface area (Å²) in [5.74, 6) is -0.399. The second-order valence-electron chi connectivity index (χ2n) is 3.73. The normalized spacial score (nSPS) is 11.5. The molecule has 0 radical (unpaired) electrons. The molecule has 0 bridgehead atoms.